The van der Waals surface area contributed by atoms with Crippen molar-refractivity contribution in [2.75, 3.05) is 52.4 Å². The maximum absolute atomic E-state index is 13.0. The van der Waals surface area contributed by atoms with Crippen LogP contribution in [0.2, 0.25) is 0 Å². The Morgan fingerprint density at radius 1 is 0.432 bits per heavy atom. The molecule has 44 heavy (non-hydrogen) atoms. The Morgan fingerprint density at radius 2 is 0.727 bits per heavy atom. The lowest BCUT2D eigenvalue weighted by molar-refractivity contribution is 0.0597. The summed E-state index contributed by atoms with van der Waals surface area (Å²) >= 11 is 0. The minimum Gasteiger partial charge on any atom is -0.317 e. The van der Waals surface area contributed by atoms with Crippen molar-refractivity contribution in [1.82, 2.24) is 25.8 Å². The maximum atomic E-state index is 13.0. The monoisotopic (exact) mass is 657 g/mol. The summed E-state index contributed by atoms with van der Waals surface area (Å²) in [6.07, 6.45) is 1.84. The van der Waals surface area contributed by atoms with Gasteiger partial charge in [-0.05, 0) is 74.1 Å². The molecule has 9 nitrogen and oxygen atoms in total. The fraction of sp³-hybridized carbons (Fsp3) is 0.294. The van der Waals surface area contributed by atoms with Crippen molar-refractivity contribution in [2.45, 2.75) is 12.8 Å². The highest BCUT2D eigenvalue weighted by atomic mass is 79.9. The van der Waals surface area contributed by atoms with Crippen molar-refractivity contribution in [2.24, 2.45) is 0 Å². The lowest BCUT2D eigenvalue weighted by atomic mass is 9.94. The van der Waals surface area contributed by atoms with Crippen molar-refractivity contribution < 1.29 is 19.2 Å². The first-order chi connectivity index (χ1) is 21.1. The van der Waals surface area contributed by atoms with E-state index in [1.165, 1.54) is 9.80 Å². The number of nitrogens with zero attached hydrogens (tertiary/aromatic N) is 2. The quantitative estimate of drug-likeness (QED) is 0.139. The van der Waals surface area contributed by atoms with E-state index in [1.807, 2.05) is 48.5 Å². The number of hydrogen-bond acceptors (Lipinski definition) is 7. The second kappa shape index (κ2) is 14.2. The van der Waals surface area contributed by atoms with Crippen LogP contribution in [0.1, 0.15) is 54.3 Å². The van der Waals surface area contributed by atoms with Crippen molar-refractivity contribution in [3.8, 4) is 0 Å². The van der Waals surface area contributed by atoms with E-state index in [0.717, 1.165) is 60.6 Å². The zero-order chi connectivity index (χ0) is 29.8. The summed E-state index contributed by atoms with van der Waals surface area (Å²) in [5, 5.41) is 13.4. The summed E-state index contributed by atoms with van der Waals surface area (Å²) in [7, 11) is 0. The molecule has 2 aliphatic rings. The Bertz CT molecular complexity index is 1500. The molecule has 4 aromatic rings. The number of benzene rings is 4. The molecule has 0 aliphatic carbocycles. The Labute approximate surface area is 266 Å². The van der Waals surface area contributed by atoms with Gasteiger partial charge in [0.15, 0.2) is 0 Å². The Balaban J connectivity index is 0.00000384. The first kappa shape index (κ1) is 31.5. The normalized spacial score (nSPS) is 14.1. The predicted molar refractivity (Wildman–Crippen MR) is 177 cm³/mol. The van der Waals surface area contributed by atoms with Crippen LogP contribution >= 0.6 is 17.0 Å². The Morgan fingerprint density at radius 3 is 1.05 bits per heavy atom. The highest BCUT2D eigenvalue weighted by Gasteiger charge is 2.33. The molecular formula is C34H36BrN5O4. The summed E-state index contributed by atoms with van der Waals surface area (Å²) in [5.41, 5.74) is 2.35. The Kier molecular flexibility index (Phi) is 10.2. The molecule has 0 bridgehead atoms. The third-order valence-electron chi connectivity index (χ3n) is 8.15. The van der Waals surface area contributed by atoms with Gasteiger partial charge in [0.2, 0.25) is 0 Å². The van der Waals surface area contributed by atoms with E-state index in [-0.39, 0.29) is 40.6 Å². The molecule has 2 aliphatic heterocycles. The number of carbonyl (C=O) groups excluding carboxylic acids is 4. The highest BCUT2D eigenvalue weighted by molar-refractivity contribution is 8.93. The Hall–Kier alpha value is -3.96. The molecule has 6 rings (SSSR count). The largest absolute Gasteiger partial charge is 0.317 e. The van der Waals surface area contributed by atoms with Crippen LogP contribution in [-0.4, -0.2) is 85.8 Å². The molecule has 0 spiro atoms. The standard InChI is InChI=1S/C34H35N5O4.BrH/c40-31-25-11-1-7-23-8-2-12-26(29(23)25)32(41)38(31)21-19-36-17-5-15-35-16-6-18-37-20-22-39-33(42)27-13-3-9-24-10-4-14-28(30(24)27)34(39)43;/h1-4,7-14,35-37H,5-6,15-22H2;1H. The molecule has 3 N–H and O–H groups in total. The number of nitrogens with one attached hydrogen (secondary N) is 3. The van der Waals surface area contributed by atoms with Crippen molar-refractivity contribution >= 4 is 62.2 Å². The lowest BCUT2D eigenvalue weighted by Gasteiger charge is -2.27. The molecule has 228 valence electrons. The van der Waals surface area contributed by atoms with Gasteiger partial charge < -0.3 is 16.0 Å². The molecule has 4 aromatic carbocycles. The van der Waals surface area contributed by atoms with Gasteiger partial charge in [0.05, 0.1) is 0 Å². The van der Waals surface area contributed by atoms with E-state index in [4.69, 9.17) is 0 Å². The van der Waals surface area contributed by atoms with Crippen molar-refractivity contribution in [3.05, 3.63) is 95.1 Å². The van der Waals surface area contributed by atoms with Gasteiger partial charge in [0.25, 0.3) is 23.6 Å². The number of imide groups is 2. The van der Waals surface area contributed by atoms with Gasteiger partial charge >= 0.3 is 0 Å². The van der Waals surface area contributed by atoms with Gasteiger partial charge in [0, 0.05) is 59.2 Å². The second-order valence-corrected chi connectivity index (χ2v) is 10.9. The molecule has 0 aromatic heterocycles. The number of carbonyl (C=O) groups is 4. The third-order valence-corrected chi connectivity index (χ3v) is 8.15. The second-order valence-electron chi connectivity index (χ2n) is 10.9. The van der Waals surface area contributed by atoms with Crippen LogP contribution < -0.4 is 16.0 Å². The van der Waals surface area contributed by atoms with Gasteiger partial charge in [-0.3, -0.25) is 29.0 Å². The predicted octanol–water partition coefficient (Wildman–Crippen LogP) is 4.01. The third kappa shape index (κ3) is 6.16. The van der Waals surface area contributed by atoms with Crippen LogP contribution in [-0.2, 0) is 0 Å². The van der Waals surface area contributed by atoms with Gasteiger partial charge in [-0.2, -0.15) is 0 Å². The summed E-state index contributed by atoms with van der Waals surface area (Å²) in [6, 6.07) is 22.3. The van der Waals surface area contributed by atoms with Crippen LogP contribution in [0.25, 0.3) is 21.5 Å². The minimum atomic E-state index is -0.233. The first-order valence-electron chi connectivity index (χ1n) is 14.9. The molecule has 0 atom stereocenters. The van der Waals surface area contributed by atoms with Crippen molar-refractivity contribution in [1.29, 1.82) is 0 Å². The molecule has 0 fully saturated rings. The van der Waals surface area contributed by atoms with E-state index >= 15 is 0 Å². The number of hydrogen-bond donors (Lipinski definition) is 3. The number of rotatable bonds is 14. The molecule has 0 saturated heterocycles. The molecule has 0 radical (unpaired) electrons. The van der Waals surface area contributed by atoms with Crippen LogP contribution in [0.15, 0.2) is 72.8 Å². The zero-order valence-electron chi connectivity index (χ0n) is 24.4. The maximum Gasteiger partial charge on any atom is 0.261 e. The summed E-state index contributed by atoms with van der Waals surface area (Å²) in [6.45, 7) is 5.02. The lowest BCUT2D eigenvalue weighted by Crippen LogP contribution is -2.44. The molecular weight excluding hydrogens is 622 g/mol. The van der Waals surface area contributed by atoms with Gasteiger partial charge in [-0.25, -0.2) is 0 Å². The van der Waals surface area contributed by atoms with E-state index in [0.29, 0.717) is 48.4 Å². The SMILES string of the molecule is Br.O=C1c2cccc3cccc(c23)C(=O)N1CCNCCCNCCCNCCN1C(=O)c2cccc3cccc(c23)C1=O. The molecule has 0 unspecified atom stereocenters. The summed E-state index contributed by atoms with van der Waals surface area (Å²) < 4.78 is 0. The molecule has 4 amide bonds. The smallest absolute Gasteiger partial charge is 0.261 e. The van der Waals surface area contributed by atoms with Gasteiger partial charge in [-0.15, -0.1) is 17.0 Å². The van der Waals surface area contributed by atoms with Crippen LogP contribution in [0.4, 0.5) is 0 Å². The summed E-state index contributed by atoms with van der Waals surface area (Å²) in [5.74, 6) is -0.932. The zero-order valence-corrected chi connectivity index (χ0v) is 26.1. The molecule has 10 heteroatoms. The fourth-order valence-electron chi connectivity index (χ4n) is 6.00. The van der Waals surface area contributed by atoms with E-state index in [1.54, 1.807) is 24.3 Å². The van der Waals surface area contributed by atoms with Gasteiger partial charge in [0.1, 0.15) is 0 Å². The summed E-state index contributed by atoms with van der Waals surface area (Å²) in [4.78, 5) is 54.5. The van der Waals surface area contributed by atoms with E-state index in [9.17, 15) is 19.2 Å². The molecule has 0 saturated carbocycles. The minimum absolute atomic E-state index is 0. The average Bonchev–Trinajstić information content (AvgIpc) is 3.03. The highest BCUT2D eigenvalue weighted by Crippen LogP contribution is 2.31. The van der Waals surface area contributed by atoms with Crippen LogP contribution in [0, 0.1) is 0 Å². The van der Waals surface area contributed by atoms with E-state index < -0.39 is 0 Å². The number of amides is 4. The van der Waals surface area contributed by atoms with Crippen LogP contribution in [0.5, 0.6) is 0 Å². The van der Waals surface area contributed by atoms with E-state index in [2.05, 4.69) is 16.0 Å². The topological polar surface area (TPSA) is 111 Å². The first-order valence-corrected chi connectivity index (χ1v) is 14.9. The average molecular weight is 659 g/mol. The number of halogens is 1. The van der Waals surface area contributed by atoms with Gasteiger partial charge in [-0.1, -0.05) is 48.5 Å². The van der Waals surface area contributed by atoms with Crippen LogP contribution in [0.3, 0.4) is 0 Å². The van der Waals surface area contributed by atoms with Crippen molar-refractivity contribution in [3.63, 3.8) is 0 Å². The fourth-order valence-corrected chi connectivity index (χ4v) is 6.00. The molecule has 2 heterocycles.